The average Bonchev–Trinajstić information content (AvgIpc) is 3.16. The molecule has 1 aromatic heterocycles. The van der Waals surface area contributed by atoms with Gasteiger partial charge >= 0.3 is 0 Å². The van der Waals surface area contributed by atoms with Gasteiger partial charge in [-0.3, -0.25) is 4.79 Å². The third-order valence-corrected chi connectivity index (χ3v) is 5.29. The van der Waals surface area contributed by atoms with Crippen LogP contribution in [0.3, 0.4) is 0 Å². The standard InChI is InChI=1S/C23H24N2O3/c1-15(2)22(26)23(27)25-13-12-20-19(14-25)21(24-28-20)18-10-8-17(9-11-18)16-6-4-3-5-7-16/h3-11,15,22,26H,12-14H2,1-2H3/t22-/m0/s1. The van der Waals surface area contributed by atoms with E-state index in [0.29, 0.717) is 19.5 Å². The lowest BCUT2D eigenvalue weighted by molar-refractivity contribution is -0.143. The Hall–Kier alpha value is -2.92. The second-order valence-corrected chi connectivity index (χ2v) is 7.57. The Bertz CT molecular complexity index is 961. The topological polar surface area (TPSA) is 66.6 Å². The molecule has 0 radical (unpaired) electrons. The monoisotopic (exact) mass is 376 g/mol. The van der Waals surface area contributed by atoms with Crippen LogP contribution in [0.5, 0.6) is 0 Å². The smallest absolute Gasteiger partial charge is 0.251 e. The summed E-state index contributed by atoms with van der Waals surface area (Å²) in [6.07, 6.45) is -0.365. The van der Waals surface area contributed by atoms with Gasteiger partial charge in [-0.15, -0.1) is 0 Å². The molecule has 0 spiro atoms. The number of amides is 1. The maximum Gasteiger partial charge on any atom is 0.251 e. The van der Waals surface area contributed by atoms with Crippen molar-refractivity contribution in [3.8, 4) is 22.4 Å². The molecule has 3 aromatic rings. The van der Waals surface area contributed by atoms with Gasteiger partial charge in [-0.2, -0.15) is 0 Å². The van der Waals surface area contributed by atoms with Crippen molar-refractivity contribution in [1.29, 1.82) is 0 Å². The SMILES string of the molecule is CC(C)[C@H](O)C(=O)N1CCc2onc(-c3ccc(-c4ccccc4)cc3)c2C1. The van der Waals surface area contributed by atoms with Crippen molar-refractivity contribution in [2.45, 2.75) is 32.9 Å². The highest BCUT2D eigenvalue weighted by molar-refractivity contribution is 5.81. The van der Waals surface area contributed by atoms with E-state index in [1.165, 1.54) is 0 Å². The van der Waals surface area contributed by atoms with Crippen molar-refractivity contribution in [3.63, 3.8) is 0 Å². The molecule has 5 nitrogen and oxygen atoms in total. The summed E-state index contributed by atoms with van der Waals surface area (Å²) in [5.74, 6) is 0.485. The summed E-state index contributed by atoms with van der Waals surface area (Å²) in [7, 11) is 0. The molecule has 0 saturated carbocycles. The van der Waals surface area contributed by atoms with Crippen molar-refractivity contribution >= 4 is 5.91 Å². The third-order valence-electron chi connectivity index (χ3n) is 5.29. The van der Waals surface area contributed by atoms with Gasteiger partial charge in [-0.05, 0) is 17.0 Å². The molecule has 2 heterocycles. The number of aromatic nitrogens is 1. The van der Waals surface area contributed by atoms with Crippen LogP contribution in [0.2, 0.25) is 0 Å². The molecule has 0 bridgehead atoms. The molecule has 0 unspecified atom stereocenters. The number of carbonyl (C=O) groups is 1. The molecule has 1 aliphatic heterocycles. The fourth-order valence-corrected chi connectivity index (χ4v) is 3.55. The summed E-state index contributed by atoms with van der Waals surface area (Å²) < 4.78 is 5.54. The molecule has 1 aliphatic rings. The van der Waals surface area contributed by atoms with E-state index in [2.05, 4.69) is 29.4 Å². The molecule has 0 fully saturated rings. The van der Waals surface area contributed by atoms with E-state index in [1.807, 2.05) is 44.2 Å². The molecule has 4 rings (SSSR count). The van der Waals surface area contributed by atoms with Gasteiger partial charge in [0.15, 0.2) is 0 Å². The molecular weight excluding hydrogens is 352 g/mol. The highest BCUT2D eigenvalue weighted by atomic mass is 16.5. The lowest BCUT2D eigenvalue weighted by atomic mass is 9.98. The molecule has 1 N–H and O–H groups in total. The summed E-state index contributed by atoms with van der Waals surface area (Å²) in [4.78, 5) is 14.2. The predicted octanol–water partition coefficient (Wildman–Crippen LogP) is 3.91. The van der Waals surface area contributed by atoms with Gasteiger partial charge in [0, 0.05) is 24.1 Å². The minimum absolute atomic E-state index is 0.110. The van der Waals surface area contributed by atoms with E-state index in [4.69, 9.17) is 4.52 Å². The van der Waals surface area contributed by atoms with Crippen LogP contribution in [-0.4, -0.2) is 33.7 Å². The number of fused-ring (bicyclic) bond motifs is 1. The predicted molar refractivity (Wildman–Crippen MR) is 107 cm³/mol. The first kappa shape index (κ1) is 18.4. The summed E-state index contributed by atoms with van der Waals surface area (Å²) in [6.45, 7) is 4.64. The quantitative estimate of drug-likeness (QED) is 0.750. The average molecular weight is 376 g/mol. The zero-order valence-corrected chi connectivity index (χ0v) is 16.1. The Morgan fingerprint density at radius 1 is 1.04 bits per heavy atom. The van der Waals surface area contributed by atoms with Crippen LogP contribution in [0.4, 0.5) is 0 Å². The van der Waals surface area contributed by atoms with Crippen LogP contribution >= 0.6 is 0 Å². The second-order valence-electron chi connectivity index (χ2n) is 7.57. The van der Waals surface area contributed by atoms with Gasteiger partial charge in [0.2, 0.25) is 0 Å². The highest BCUT2D eigenvalue weighted by Crippen LogP contribution is 2.31. The van der Waals surface area contributed by atoms with Gasteiger partial charge in [-0.1, -0.05) is 73.6 Å². The van der Waals surface area contributed by atoms with Gasteiger partial charge in [0.1, 0.15) is 17.6 Å². The number of aliphatic hydroxyl groups is 1. The first-order chi connectivity index (χ1) is 13.5. The molecule has 0 aliphatic carbocycles. The Balaban J connectivity index is 1.59. The van der Waals surface area contributed by atoms with E-state index in [9.17, 15) is 9.90 Å². The van der Waals surface area contributed by atoms with Crippen molar-refractivity contribution < 1.29 is 14.4 Å². The van der Waals surface area contributed by atoms with E-state index >= 15 is 0 Å². The normalized spacial score (nSPS) is 14.8. The third kappa shape index (κ3) is 3.45. The number of benzene rings is 2. The van der Waals surface area contributed by atoms with Crippen LogP contribution in [0, 0.1) is 5.92 Å². The second kappa shape index (κ2) is 7.60. The Morgan fingerprint density at radius 2 is 1.68 bits per heavy atom. The van der Waals surface area contributed by atoms with E-state index in [0.717, 1.165) is 33.7 Å². The van der Waals surface area contributed by atoms with Gasteiger partial charge < -0.3 is 14.5 Å². The molecule has 28 heavy (non-hydrogen) atoms. The lowest BCUT2D eigenvalue weighted by Gasteiger charge is -2.29. The summed E-state index contributed by atoms with van der Waals surface area (Å²) in [5.41, 5.74) is 4.96. The van der Waals surface area contributed by atoms with Crippen molar-refractivity contribution in [2.24, 2.45) is 5.92 Å². The molecule has 1 amide bonds. The Labute approximate surface area is 164 Å². The van der Waals surface area contributed by atoms with Crippen molar-refractivity contribution in [2.75, 3.05) is 6.54 Å². The summed E-state index contributed by atoms with van der Waals surface area (Å²) in [5, 5.41) is 14.4. The van der Waals surface area contributed by atoms with Crippen LogP contribution in [0.15, 0.2) is 59.1 Å². The highest BCUT2D eigenvalue weighted by Gasteiger charge is 2.31. The van der Waals surface area contributed by atoms with Crippen LogP contribution < -0.4 is 0 Å². The number of rotatable bonds is 4. The maximum absolute atomic E-state index is 12.5. The number of nitrogens with zero attached hydrogens (tertiary/aromatic N) is 2. The van der Waals surface area contributed by atoms with Crippen molar-refractivity contribution in [3.05, 3.63) is 65.9 Å². The lowest BCUT2D eigenvalue weighted by Crippen LogP contribution is -2.43. The summed E-state index contributed by atoms with van der Waals surface area (Å²) >= 11 is 0. The minimum Gasteiger partial charge on any atom is -0.383 e. The molecular formula is C23H24N2O3. The molecule has 144 valence electrons. The minimum atomic E-state index is -0.977. The number of hydrogen-bond acceptors (Lipinski definition) is 4. The fourth-order valence-electron chi connectivity index (χ4n) is 3.55. The summed E-state index contributed by atoms with van der Waals surface area (Å²) in [6, 6.07) is 18.4. The Kier molecular flexibility index (Phi) is 5.01. The van der Waals surface area contributed by atoms with Gasteiger partial charge in [0.25, 0.3) is 5.91 Å². The van der Waals surface area contributed by atoms with Crippen LogP contribution in [-0.2, 0) is 17.8 Å². The van der Waals surface area contributed by atoms with Crippen molar-refractivity contribution in [1.82, 2.24) is 10.1 Å². The first-order valence-corrected chi connectivity index (χ1v) is 9.64. The zero-order valence-electron chi connectivity index (χ0n) is 16.1. The van der Waals surface area contributed by atoms with E-state index in [-0.39, 0.29) is 11.8 Å². The first-order valence-electron chi connectivity index (χ1n) is 9.64. The zero-order chi connectivity index (χ0) is 19.7. The molecule has 1 atom stereocenters. The largest absolute Gasteiger partial charge is 0.383 e. The van der Waals surface area contributed by atoms with Crippen LogP contribution in [0.1, 0.15) is 25.2 Å². The maximum atomic E-state index is 12.5. The Morgan fingerprint density at radius 3 is 2.36 bits per heavy atom. The number of aliphatic hydroxyl groups excluding tert-OH is 1. The number of carbonyl (C=O) groups excluding carboxylic acids is 1. The molecule has 2 aromatic carbocycles. The van der Waals surface area contributed by atoms with Gasteiger partial charge in [-0.25, -0.2) is 0 Å². The fraction of sp³-hybridized carbons (Fsp3) is 0.304. The van der Waals surface area contributed by atoms with E-state index < -0.39 is 6.10 Å². The van der Waals surface area contributed by atoms with Gasteiger partial charge in [0.05, 0.1) is 6.54 Å². The van der Waals surface area contributed by atoms with Crippen LogP contribution in [0.25, 0.3) is 22.4 Å². The number of hydrogen-bond donors (Lipinski definition) is 1. The van der Waals surface area contributed by atoms with E-state index in [1.54, 1.807) is 4.90 Å². The molecule has 5 heteroatoms. The molecule has 0 saturated heterocycles.